The molecule has 0 unspecified atom stereocenters. The number of hydrogen-bond donors (Lipinski definition) is 2. The van der Waals surface area contributed by atoms with Gasteiger partial charge in [0, 0.05) is 6.54 Å². The SMILES string of the molecule is CCNC(=O)[C@@H](C)NC(=O)COC(=O)c1ccc(OC)c(OC)c1OC. The van der Waals surface area contributed by atoms with Crippen LogP contribution in [-0.2, 0) is 14.3 Å². The molecule has 9 heteroatoms. The molecule has 0 aromatic heterocycles. The number of amides is 2. The molecule has 0 bridgehead atoms. The van der Waals surface area contributed by atoms with Crippen molar-refractivity contribution in [3.8, 4) is 17.2 Å². The summed E-state index contributed by atoms with van der Waals surface area (Å²) in [5, 5.41) is 5.01. The van der Waals surface area contributed by atoms with Crippen molar-refractivity contribution in [2.45, 2.75) is 19.9 Å². The number of esters is 1. The van der Waals surface area contributed by atoms with E-state index in [2.05, 4.69) is 10.6 Å². The van der Waals surface area contributed by atoms with E-state index in [1.807, 2.05) is 0 Å². The highest BCUT2D eigenvalue weighted by Gasteiger charge is 2.23. The average Bonchev–Trinajstić information content (AvgIpc) is 2.64. The molecule has 1 aromatic carbocycles. The van der Waals surface area contributed by atoms with Gasteiger partial charge in [0.1, 0.15) is 11.6 Å². The van der Waals surface area contributed by atoms with Crippen LogP contribution in [0.2, 0.25) is 0 Å². The summed E-state index contributed by atoms with van der Waals surface area (Å²) in [6.45, 7) is 3.21. The van der Waals surface area contributed by atoms with E-state index in [1.165, 1.54) is 40.4 Å². The van der Waals surface area contributed by atoms with Crippen molar-refractivity contribution in [3.63, 3.8) is 0 Å². The van der Waals surface area contributed by atoms with Gasteiger partial charge in [-0.1, -0.05) is 0 Å². The average molecular weight is 368 g/mol. The Morgan fingerprint density at radius 1 is 1.04 bits per heavy atom. The number of benzene rings is 1. The minimum absolute atomic E-state index is 0.0784. The van der Waals surface area contributed by atoms with Crippen LogP contribution >= 0.6 is 0 Å². The number of methoxy groups -OCH3 is 3. The summed E-state index contributed by atoms with van der Waals surface area (Å²) in [6, 6.07) is 2.23. The van der Waals surface area contributed by atoms with E-state index in [1.54, 1.807) is 6.92 Å². The lowest BCUT2D eigenvalue weighted by atomic mass is 10.1. The van der Waals surface area contributed by atoms with E-state index in [9.17, 15) is 14.4 Å². The Morgan fingerprint density at radius 2 is 1.69 bits per heavy atom. The summed E-state index contributed by atoms with van der Waals surface area (Å²) in [7, 11) is 4.23. The largest absolute Gasteiger partial charge is 0.493 e. The number of likely N-dealkylation sites (N-methyl/N-ethyl adjacent to an activating group) is 1. The molecule has 0 fully saturated rings. The van der Waals surface area contributed by atoms with Gasteiger partial charge in [-0.05, 0) is 26.0 Å². The second-order valence-corrected chi connectivity index (χ2v) is 5.14. The van der Waals surface area contributed by atoms with Crippen LogP contribution in [0, 0.1) is 0 Å². The zero-order valence-electron chi connectivity index (χ0n) is 15.5. The highest BCUT2D eigenvalue weighted by atomic mass is 16.5. The van der Waals surface area contributed by atoms with Crippen molar-refractivity contribution >= 4 is 17.8 Å². The molecule has 0 spiro atoms. The summed E-state index contributed by atoms with van der Waals surface area (Å²) in [5.74, 6) is -0.949. The number of carbonyl (C=O) groups is 3. The van der Waals surface area contributed by atoms with Gasteiger partial charge in [0.05, 0.1) is 21.3 Å². The maximum atomic E-state index is 12.3. The van der Waals surface area contributed by atoms with Crippen LogP contribution in [0.15, 0.2) is 12.1 Å². The van der Waals surface area contributed by atoms with Gasteiger partial charge < -0.3 is 29.6 Å². The third-order valence-corrected chi connectivity index (χ3v) is 3.38. The highest BCUT2D eigenvalue weighted by Crippen LogP contribution is 2.39. The minimum Gasteiger partial charge on any atom is -0.493 e. The van der Waals surface area contributed by atoms with Gasteiger partial charge in [0.25, 0.3) is 5.91 Å². The van der Waals surface area contributed by atoms with E-state index in [-0.39, 0.29) is 23.0 Å². The molecule has 1 rings (SSSR count). The van der Waals surface area contributed by atoms with Crippen molar-refractivity contribution in [1.82, 2.24) is 10.6 Å². The number of rotatable bonds is 9. The topological polar surface area (TPSA) is 112 Å². The van der Waals surface area contributed by atoms with Gasteiger partial charge in [0.2, 0.25) is 11.7 Å². The fourth-order valence-corrected chi connectivity index (χ4v) is 2.15. The van der Waals surface area contributed by atoms with Gasteiger partial charge in [-0.25, -0.2) is 4.79 Å². The van der Waals surface area contributed by atoms with E-state index in [0.29, 0.717) is 12.3 Å². The van der Waals surface area contributed by atoms with Gasteiger partial charge in [-0.2, -0.15) is 0 Å². The molecule has 2 N–H and O–H groups in total. The van der Waals surface area contributed by atoms with Crippen molar-refractivity contribution in [3.05, 3.63) is 17.7 Å². The zero-order chi connectivity index (χ0) is 19.7. The molecule has 0 saturated carbocycles. The molecule has 0 aliphatic carbocycles. The number of hydrogen-bond acceptors (Lipinski definition) is 7. The first-order valence-corrected chi connectivity index (χ1v) is 7.92. The van der Waals surface area contributed by atoms with Crippen LogP contribution in [0.4, 0.5) is 0 Å². The van der Waals surface area contributed by atoms with Crippen LogP contribution in [-0.4, -0.2) is 58.3 Å². The van der Waals surface area contributed by atoms with Gasteiger partial charge in [-0.3, -0.25) is 9.59 Å². The van der Waals surface area contributed by atoms with Gasteiger partial charge >= 0.3 is 5.97 Å². The summed E-state index contributed by atoms with van der Waals surface area (Å²) in [4.78, 5) is 35.7. The Morgan fingerprint density at radius 3 is 2.23 bits per heavy atom. The third kappa shape index (κ3) is 5.27. The molecule has 1 aromatic rings. The predicted octanol–water partition coefficient (Wildman–Crippen LogP) is 0.510. The molecular weight excluding hydrogens is 344 g/mol. The van der Waals surface area contributed by atoms with Crippen LogP contribution < -0.4 is 24.8 Å². The molecule has 9 nitrogen and oxygen atoms in total. The summed E-state index contributed by atoms with van der Waals surface area (Å²) in [6.07, 6.45) is 0. The minimum atomic E-state index is -0.774. The van der Waals surface area contributed by atoms with Crippen LogP contribution in [0.5, 0.6) is 17.2 Å². The first kappa shape index (κ1) is 21.1. The molecule has 1 atom stereocenters. The highest BCUT2D eigenvalue weighted by molar-refractivity contribution is 5.96. The molecular formula is C17H24N2O7. The van der Waals surface area contributed by atoms with Crippen molar-refractivity contribution < 1.29 is 33.3 Å². The van der Waals surface area contributed by atoms with Crippen molar-refractivity contribution in [2.24, 2.45) is 0 Å². The molecule has 0 aliphatic rings. The predicted molar refractivity (Wildman–Crippen MR) is 92.7 cm³/mol. The maximum absolute atomic E-state index is 12.3. The van der Waals surface area contributed by atoms with E-state index >= 15 is 0 Å². The number of carbonyl (C=O) groups excluding carboxylic acids is 3. The second kappa shape index (κ2) is 10.1. The van der Waals surface area contributed by atoms with Crippen LogP contribution in [0.3, 0.4) is 0 Å². The summed E-state index contributed by atoms with van der Waals surface area (Å²) in [5.41, 5.74) is 0.0784. The second-order valence-electron chi connectivity index (χ2n) is 5.14. The Hall–Kier alpha value is -2.97. The fourth-order valence-electron chi connectivity index (χ4n) is 2.15. The molecule has 2 amide bonds. The molecule has 0 radical (unpaired) electrons. The quantitative estimate of drug-likeness (QED) is 0.611. The first-order chi connectivity index (χ1) is 12.4. The van der Waals surface area contributed by atoms with Gasteiger partial charge in [0.15, 0.2) is 18.1 Å². The Kier molecular flexibility index (Phi) is 8.20. The molecule has 144 valence electrons. The lowest BCUT2D eigenvalue weighted by Gasteiger charge is -2.16. The molecule has 0 saturated heterocycles. The normalized spacial score (nSPS) is 11.1. The van der Waals surface area contributed by atoms with Gasteiger partial charge in [-0.15, -0.1) is 0 Å². The standard InChI is InChI=1S/C17H24N2O7/c1-6-18-16(21)10(2)19-13(20)9-26-17(22)11-7-8-12(23-3)15(25-5)14(11)24-4/h7-8,10H,6,9H2,1-5H3,(H,18,21)(H,19,20)/t10-/m1/s1. The smallest absolute Gasteiger partial charge is 0.342 e. The summed E-state index contributed by atoms with van der Waals surface area (Å²) < 4.78 is 20.5. The summed E-state index contributed by atoms with van der Waals surface area (Å²) >= 11 is 0. The zero-order valence-corrected chi connectivity index (χ0v) is 15.5. The van der Waals surface area contributed by atoms with Crippen molar-refractivity contribution in [1.29, 1.82) is 0 Å². The fraction of sp³-hybridized carbons (Fsp3) is 0.471. The van der Waals surface area contributed by atoms with E-state index in [4.69, 9.17) is 18.9 Å². The molecule has 26 heavy (non-hydrogen) atoms. The number of nitrogens with one attached hydrogen (secondary N) is 2. The lowest BCUT2D eigenvalue weighted by Crippen LogP contribution is -2.46. The third-order valence-electron chi connectivity index (χ3n) is 3.38. The van der Waals surface area contributed by atoms with Crippen LogP contribution in [0.1, 0.15) is 24.2 Å². The Labute approximate surface area is 151 Å². The monoisotopic (exact) mass is 368 g/mol. The van der Waals surface area contributed by atoms with E-state index < -0.39 is 24.5 Å². The Balaban J connectivity index is 2.77. The lowest BCUT2D eigenvalue weighted by molar-refractivity contribution is -0.130. The Bertz CT molecular complexity index is 661. The first-order valence-electron chi connectivity index (χ1n) is 7.92. The maximum Gasteiger partial charge on any atom is 0.342 e. The van der Waals surface area contributed by atoms with Crippen molar-refractivity contribution in [2.75, 3.05) is 34.5 Å². The van der Waals surface area contributed by atoms with Crippen LogP contribution in [0.25, 0.3) is 0 Å². The molecule has 0 heterocycles. The molecule has 0 aliphatic heterocycles. The number of ether oxygens (including phenoxy) is 4. The van der Waals surface area contributed by atoms with E-state index in [0.717, 1.165) is 0 Å².